The highest BCUT2D eigenvalue weighted by atomic mass is 19.4. The van der Waals surface area contributed by atoms with Crippen molar-refractivity contribution in [2.24, 2.45) is 9.98 Å². The van der Waals surface area contributed by atoms with E-state index >= 15 is 0 Å². The SMILES string of the molecule is N#C/N=c1\nc(C#N)n2c(C(F)(F)F)c3/c(=N/C#N)nc(C#N)n3c(C(F)(F)F)c12. The van der Waals surface area contributed by atoms with Crippen LogP contribution in [0.2, 0.25) is 0 Å². The Balaban J connectivity index is 3.00. The number of hydrogen-bond donors (Lipinski definition) is 0. The van der Waals surface area contributed by atoms with Gasteiger partial charge in [0.15, 0.2) is 22.4 Å². The summed E-state index contributed by atoms with van der Waals surface area (Å²) in [5.41, 5.74) is -8.92. The molecule has 0 aromatic carbocycles. The van der Waals surface area contributed by atoms with E-state index in [1.807, 2.05) is 0 Å². The third-order valence-corrected chi connectivity index (χ3v) is 3.66. The highest BCUT2D eigenvalue weighted by Gasteiger charge is 2.45. The van der Waals surface area contributed by atoms with Crippen molar-refractivity contribution in [2.45, 2.75) is 12.4 Å². The fourth-order valence-electron chi connectivity index (χ4n) is 2.81. The fraction of sp³-hybridized carbons (Fsp3) is 0.143. The molecular weight excluding hydrogens is 422 g/mol. The molecule has 0 spiro atoms. The minimum absolute atomic E-state index is 0.201. The molecule has 0 bridgehead atoms. The largest absolute Gasteiger partial charge is 0.434 e. The number of nitriles is 4. The van der Waals surface area contributed by atoms with Gasteiger partial charge in [0.05, 0.1) is 0 Å². The highest BCUT2D eigenvalue weighted by molar-refractivity contribution is 5.66. The molecule has 0 fully saturated rings. The van der Waals surface area contributed by atoms with Gasteiger partial charge in [0, 0.05) is 0 Å². The first kappa shape index (κ1) is 20.0. The van der Waals surface area contributed by atoms with Gasteiger partial charge in [-0.2, -0.15) is 67.3 Å². The van der Waals surface area contributed by atoms with Crippen molar-refractivity contribution >= 4 is 11.0 Å². The lowest BCUT2D eigenvalue weighted by Crippen LogP contribution is -2.25. The van der Waals surface area contributed by atoms with Gasteiger partial charge in [0.2, 0.25) is 24.0 Å². The lowest BCUT2D eigenvalue weighted by atomic mass is 10.2. The molecule has 0 unspecified atom stereocenters. The van der Waals surface area contributed by atoms with Gasteiger partial charge in [-0.25, -0.2) is 0 Å². The van der Waals surface area contributed by atoms with E-state index in [9.17, 15) is 26.3 Å². The summed E-state index contributed by atoms with van der Waals surface area (Å²) in [6, 6.07) is 2.40. The normalized spacial score (nSPS) is 13.3. The number of fused-ring (bicyclic) bond motifs is 2. The molecular formula is C14F6N10. The maximum absolute atomic E-state index is 13.9. The minimum atomic E-state index is -5.44. The third-order valence-electron chi connectivity index (χ3n) is 3.66. The summed E-state index contributed by atoms with van der Waals surface area (Å²) in [5, 5.41) is 35.7. The standard InChI is InChI=1S/C14F6N10/c15-13(16,17)9-8-12(26-4-24)28-6(2-22)30(8)10(14(18,19)20)7-11(25-3-23)27-5(1-21)29(7)9/b25-11-,26-12-. The van der Waals surface area contributed by atoms with Gasteiger partial charge < -0.3 is 0 Å². The molecule has 3 aromatic rings. The molecule has 30 heavy (non-hydrogen) atoms. The first-order valence-corrected chi connectivity index (χ1v) is 7.16. The highest BCUT2D eigenvalue weighted by Crippen LogP contribution is 2.38. The van der Waals surface area contributed by atoms with Crippen LogP contribution in [0, 0.1) is 45.6 Å². The molecule has 16 heteroatoms. The molecule has 0 saturated carbocycles. The Kier molecular flexibility index (Phi) is 4.30. The van der Waals surface area contributed by atoms with Crippen molar-refractivity contribution < 1.29 is 26.3 Å². The zero-order valence-electron chi connectivity index (χ0n) is 13.7. The van der Waals surface area contributed by atoms with Gasteiger partial charge in [0.25, 0.3) is 0 Å². The Bertz CT molecular complexity index is 1390. The van der Waals surface area contributed by atoms with Crippen LogP contribution in [0.15, 0.2) is 9.98 Å². The summed E-state index contributed by atoms with van der Waals surface area (Å²) >= 11 is 0. The van der Waals surface area contributed by atoms with E-state index in [0.717, 1.165) is 12.4 Å². The minimum Gasteiger partial charge on any atom is -0.274 e. The predicted octanol–water partition coefficient (Wildman–Crippen LogP) is 0.964. The second-order valence-electron chi connectivity index (χ2n) is 5.23. The first-order chi connectivity index (χ1) is 14.0. The molecule has 3 aromatic heterocycles. The molecule has 0 amide bonds. The maximum atomic E-state index is 13.9. The van der Waals surface area contributed by atoms with Crippen LogP contribution in [0.4, 0.5) is 26.3 Å². The summed E-state index contributed by atoms with van der Waals surface area (Å²) in [4.78, 5) is 12.5. The zero-order valence-corrected chi connectivity index (χ0v) is 13.7. The molecule has 0 aliphatic heterocycles. The molecule has 3 rings (SSSR count). The van der Waals surface area contributed by atoms with E-state index in [0.29, 0.717) is 0 Å². The van der Waals surface area contributed by atoms with Gasteiger partial charge >= 0.3 is 12.4 Å². The summed E-state index contributed by atoms with van der Waals surface area (Å²) < 4.78 is 83.2. The molecule has 0 saturated heterocycles. The van der Waals surface area contributed by atoms with Crippen LogP contribution in [-0.2, 0) is 12.4 Å². The number of halogens is 6. The van der Waals surface area contributed by atoms with E-state index in [1.165, 1.54) is 12.1 Å². The predicted molar refractivity (Wildman–Crippen MR) is 76.9 cm³/mol. The summed E-state index contributed by atoms with van der Waals surface area (Å²) in [5.74, 6) is -2.36. The molecule has 0 radical (unpaired) electrons. The number of imidazole rings is 2. The van der Waals surface area contributed by atoms with Crippen LogP contribution in [-0.4, -0.2) is 18.8 Å². The number of rotatable bonds is 0. The number of alkyl halides is 6. The second-order valence-corrected chi connectivity index (χ2v) is 5.23. The van der Waals surface area contributed by atoms with E-state index < -0.39 is 57.4 Å². The average Bonchev–Trinajstić information content (AvgIpc) is 3.17. The zero-order chi connectivity index (χ0) is 22.4. The molecule has 0 aliphatic rings. The van der Waals surface area contributed by atoms with Crippen LogP contribution in [0.3, 0.4) is 0 Å². The topological polar surface area (TPSA) is 154 Å². The van der Waals surface area contributed by atoms with Crippen molar-refractivity contribution in [1.82, 2.24) is 18.8 Å². The van der Waals surface area contributed by atoms with Crippen molar-refractivity contribution in [1.29, 1.82) is 21.0 Å². The van der Waals surface area contributed by atoms with Crippen molar-refractivity contribution in [3.05, 3.63) is 34.0 Å². The van der Waals surface area contributed by atoms with Gasteiger partial charge in [-0.05, 0) is 0 Å². The molecule has 0 aliphatic carbocycles. The van der Waals surface area contributed by atoms with Crippen molar-refractivity contribution in [3.8, 4) is 24.5 Å². The average molecular weight is 422 g/mol. The number of hydrogen-bond acceptors (Lipinski definition) is 8. The Hall–Kier alpha value is -4.70. The lowest BCUT2D eigenvalue weighted by molar-refractivity contribution is -0.145. The van der Waals surface area contributed by atoms with E-state index in [4.69, 9.17) is 21.0 Å². The van der Waals surface area contributed by atoms with Gasteiger partial charge in [-0.1, -0.05) is 0 Å². The molecule has 0 N–H and O–H groups in total. The summed E-state index contributed by atoms with van der Waals surface area (Å²) in [7, 11) is 0. The Labute approximate surface area is 159 Å². The third kappa shape index (κ3) is 2.72. The van der Waals surface area contributed by atoms with Crippen LogP contribution in [0.1, 0.15) is 23.0 Å². The fourth-order valence-corrected chi connectivity index (χ4v) is 2.81. The van der Waals surface area contributed by atoms with Crippen LogP contribution in [0.25, 0.3) is 11.0 Å². The van der Waals surface area contributed by atoms with Crippen LogP contribution < -0.4 is 11.0 Å². The second kappa shape index (κ2) is 6.43. The summed E-state index contributed by atoms with van der Waals surface area (Å²) in [6.45, 7) is 0. The van der Waals surface area contributed by atoms with Gasteiger partial charge in [-0.15, -0.1) is 0 Å². The Morgan fingerprint density at radius 1 is 0.667 bits per heavy atom. The molecule has 0 atom stereocenters. The van der Waals surface area contributed by atoms with Crippen LogP contribution in [0.5, 0.6) is 0 Å². The monoisotopic (exact) mass is 422 g/mol. The molecule has 3 heterocycles. The van der Waals surface area contributed by atoms with Crippen molar-refractivity contribution in [3.63, 3.8) is 0 Å². The Morgan fingerprint density at radius 3 is 1.23 bits per heavy atom. The van der Waals surface area contributed by atoms with E-state index in [2.05, 4.69) is 20.0 Å². The first-order valence-electron chi connectivity index (χ1n) is 7.16. The smallest absolute Gasteiger partial charge is 0.274 e. The lowest BCUT2D eigenvalue weighted by Gasteiger charge is -2.17. The van der Waals surface area contributed by atoms with Crippen LogP contribution >= 0.6 is 0 Å². The van der Waals surface area contributed by atoms with Gasteiger partial charge in [-0.3, -0.25) is 8.80 Å². The quantitative estimate of drug-likeness (QED) is 0.388. The number of nitrogens with zero attached hydrogens (tertiary/aromatic N) is 10. The summed E-state index contributed by atoms with van der Waals surface area (Å²) in [6.07, 6.45) is -8.69. The molecule has 148 valence electrons. The van der Waals surface area contributed by atoms with Gasteiger partial charge in [0.1, 0.15) is 23.2 Å². The Morgan fingerprint density at radius 2 is 1.00 bits per heavy atom. The molecule has 10 nitrogen and oxygen atoms in total. The van der Waals surface area contributed by atoms with Crippen molar-refractivity contribution in [2.75, 3.05) is 0 Å². The maximum Gasteiger partial charge on any atom is 0.434 e. The van der Waals surface area contributed by atoms with E-state index in [1.54, 1.807) is 0 Å². The van der Waals surface area contributed by atoms with E-state index in [-0.39, 0.29) is 8.80 Å². The number of aromatic nitrogens is 4.